The zero-order chi connectivity index (χ0) is 13.0. The summed E-state index contributed by atoms with van der Waals surface area (Å²) in [4.78, 5) is 8.82. The Morgan fingerprint density at radius 2 is 2.22 bits per heavy atom. The minimum Gasteiger partial charge on any atom is -0.389 e. The Bertz CT molecular complexity index is 554. The SMILES string of the molecule is Cc1ccc(C(N)=S)c(NCc2cccnc2)n1. The first-order valence-electron chi connectivity index (χ1n) is 5.57. The highest BCUT2D eigenvalue weighted by Gasteiger charge is 2.06. The smallest absolute Gasteiger partial charge is 0.136 e. The maximum atomic E-state index is 5.67. The Morgan fingerprint density at radius 1 is 1.39 bits per heavy atom. The molecule has 92 valence electrons. The predicted molar refractivity (Wildman–Crippen MR) is 76.4 cm³/mol. The van der Waals surface area contributed by atoms with Crippen LogP contribution in [0.5, 0.6) is 0 Å². The molecule has 18 heavy (non-hydrogen) atoms. The number of nitrogens with zero attached hydrogens (tertiary/aromatic N) is 2. The molecule has 2 aromatic heterocycles. The molecule has 0 bridgehead atoms. The Labute approximate surface area is 111 Å². The molecule has 0 fully saturated rings. The number of nitrogens with one attached hydrogen (secondary N) is 1. The third-order valence-corrected chi connectivity index (χ3v) is 2.70. The Kier molecular flexibility index (Phi) is 3.84. The number of hydrogen-bond donors (Lipinski definition) is 2. The van der Waals surface area contributed by atoms with E-state index in [0.29, 0.717) is 17.4 Å². The number of thiocarbonyl (C=S) groups is 1. The number of aromatic nitrogens is 2. The van der Waals surface area contributed by atoms with E-state index < -0.39 is 0 Å². The van der Waals surface area contributed by atoms with Gasteiger partial charge in [0.2, 0.25) is 0 Å². The van der Waals surface area contributed by atoms with Gasteiger partial charge in [-0.1, -0.05) is 18.3 Å². The normalized spacial score (nSPS) is 10.1. The van der Waals surface area contributed by atoms with E-state index in [1.54, 1.807) is 6.20 Å². The zero-order valence-electron chi connectivity index (χ0n) is 10.1. The first kappa shape index (κ1) is 12.4. The van der Waals surface area contributed by atoms with Gasteiger partial charge in [-0.05, 0) is 30.7 Å². The summed E-state index contributed by atoms with van der Waals surface area (Å²) in [6, 6.07) is 7.67. The summed E-state index contributed by atoms with van der Waals surface area (Å²) in [7, 11) is 0. The van der Waals surface area contributed by atoms with Crippen LogP contribution < -0.4 is 11.1 Å². The molecule has 4 nitrogen and oxygen atoms in total. The molecule has 0 atom stereocenters. The van der Waals surface area contributed by atoms with Gasteiger partial charge in [-0.15, -0.1) is 0 Å². The van der Waals surface area contributed by atoms with E-state index in [-0.39, 0.29) is 0 Å². The average Bonchev–Trinajstić information content (AvgIpc) is 2.37. The van der Waals surface area contributed by atoms with Gasteiger partial charge in [-0.25, -0.2) is 4.98 Å². The lowest BCUT2D eigenvalue weighted by Gasteiger charge is -2.10. The summed E-state index contributed by atoms with van der Waals surface area (Å²) < 4.78 is 0. The molecule has 3 N–H and O–H groups in total. The number of anilines is 1. The molecule has 0 spiro atoms. The van der Waals surface area contributed by atoms with Crippen molar-refractivity contribution in [3.05, 3.63) is 53.5 Å². The van der Waals surface area contributed by atoms with Gasteiger partial charge >= 0.3 is 0 Å². The van der Waals surface area contributed by atoms with Crippen molar-refractivity contribution < 1.29 is 0 Å². The minimum absolute atomic E-state index is 0.344. The van der Waals surface area contributed by atoms with E-state index in [9.17, 15) is 0 Å². The topological polar surface area (TPSA) is 63.8 Å². The van der Waals surface area contributed by atoms with Crippen molar-refractivity contribution in [1.82, 2.24) is 9.97 Å². The molecule has 0 saturated heterocycles. The zero-order valence-corrected chi connectivity index (χ0v) is 10.9. The molecule has 0 unspecified atom stereocenters. The fourth-order valence-corrected chi connectivity index (χ4v) is 1.74. The van der Waals surface area contributed by atoms with Gasteiger partial charge in [-0.3, -0.25) is 4.98 Å². The molecule has 2 heterocycles. The Morgan fingerprint density at radius 3 is 2.89 bits per heavy atom. The molecule has 0 aromatic carbocycles. The minimum atomic E-state index is 0.344. The second-order valence-electron chi connectivity index (χ2n) is 3.93. The molecule has 0 amide bonds. The summed E-state index contributed by atoms with van der Waals surface area (Å²) in [5, 5.41) is 3.23. The highest BCUT2D eigenvalue weighted by Crippen LogP contribution is 2.14. The molecule has 0 radical (unpaired) electrons. The molecular weight excluding hydrogens is 244 g/mol. The van der Waals surface area contributed by atoms with Crippen molar-refractivity contribution >= 4 is 23.0 Å². The molecule has 0 aliphatic rings. The third kappa shape index (κ3) is 3.01. The lowest BCUT2D eigenvalue weighted by Crippen LogP contribution is -2.14. The number of rotatable bonds is 4. The summed E-state index contributed by atoms with van der Waals surface area (Å²) in [6.07, 6.45) is 3.55. The van der Waals surface area contributed by atoms with Crippen LogP contribution in [-0.4, -0.2) is 15.0 Å². The second kappa shape index (κ2) is 5.55. The lowest BCUT2D eigenvalue weighted by atomic mass is 10.2. The first-order chi connectivity index (χ1) is 8.66. The van der Waals surface area contributed by atoms with Gasteiger partial charge in [0.25, 0.3) is 0 Å². The van der Waals surface area contributed by atoms with Gasteiger partial charge in [0.15, 0.2) is 0 Å². The Balaban J connectivity index is 2.18. The van der Waals surface area contributed by atoms with Crippen molar-refractivity contribution in [3.8, 4) is 0 Å². The van der Waals surface area contributed by atoms with Crippen LogP contribution in [0.1, 0.15) is 16.8 Å². The maximum absolute atomic E-state index is 5.67. The van der Waals surface area contributed by atoms with Crippen molar-refractivity contribution in [2.45, 2.75) is 13.5 Å². The van der Waals surface area contributed by atoms with Crippen LogP contribution in [0.15, 0.2) is 36.7 Å². The van der Waals surface area contributed by atoms with Crippen LogP contribution in [-0.2, 0) is 6.54 Å². The van der Waals surface area contributed by atoms with E-state index in [0.717, 1.165) is 16.8 Å². The van der Waals surface area contributed by atoms with Crippen LogP contribution in [0, 0.1) is 6.92 Å². The molecule has 0 saturated carbocycles. The molecule has 2 rings (SSSR count). The van der Waals surface area contributed by atoms with E-state index >= 15 is 0 Å². The average molecular weight is 258 g/mol. The molecule has 0 aliphatic carbocycles. The monoisotopic (exact) mass is 258 g/mol. The predicted octanol–water partition coefficient (Wildman–Crippen LogP) is 2.03. The van der Waals surface area contributed by atoms with E-state index in [1.165, 1.54) is 0 Å². The third-order valence-electron chi connectivity index (χ3n) is 2.48. The van der Waals surface area contributed by atoms with Gasteiger partial charge in [0.05, 0.1) is 5.56 Å². The quantitative estimate of drug-likeness (QED) is 0.822. The molecule has 5 heteroatoms. The van der Waals surface area contributed by atoms with Gasteiger partial charge in [-0.2, -0.15) is 0 Å². The molecule has 2 aromatic rings. The standard InChI is InChI=1S/C13H14N4S/c1-9-4-5-11(12(14)18)13(17-9)16-8-10-3-2-6-15-7-10/h2-7H,8H2,1H3,(H2,14,18)(H,16,17). The number of nitrogens with two attached hydrogens (primary N) is 1. The molecular formula is C13H14N4S. The van der Waals surface area contributed by atoms with Crippen LogP contribution in [0.4, 0.5) is 5.82 Å². The van der Waals surface area contributed by atoms with Crippen LogP contribution in [0.25, 0.3) is 0 Å². The number of pyridine rings is 2. The van der Waals surface area contributed by atoms with Crippen molar-refractivity contribution in [3.63, 3.8) is 0 Å². The van der Waals surface area contributed by atoms with Crippen molar-refractivity contribution in [2.24, 2.45) is 5.73 Å². The number of aryl methyl sites for hydroxylation is 1. The van der Waals surface area contributed by atoms with E-state index in [4.69, 9.17) is 18.0 Å². The summed E-state index contributed by atoms with van der Waals surface area (Å²) in [5.74, 6) is 0.714. The Hall–Kier alpha value is -2.01. The van der Waals surface area contributed by atoms with Crippen LogP contribution in [0.3, 0.4) is 0 Å². The largest absolute Gasteiger partial charge is 0.389 e. The molecule has 0 aliphatic heterocycles. The van der Waals surface area contributed by atoms with Crippen LogP contribution in [0.2, 0.25) is 0 Å². The highest BCUT2D eigenvalue weighted by molar-refractivity contribution is 7.80. The first-order valence-corrected chi connectivity index (χ1v) is 5.98. The lowest BCUT2D eigenvalue weighted by molar-refractivity contribution is 1.07. The second-order valence-corrected chi connectivity index (χ2v) is 4.37. The maximum Gasteiger partial charge on any atom is 0.136 e. The summed E-state index contributed by atoms with van der Waals surface area (Å²) in [5.41, 5.74) is 8.43. The summed E-state index contributed by atoms with van der Waals surface area (Å²) >= 11 is 5.01. The van der Waals surface area contributed by atoms with Crippen LogP contribution >= 0.6 is 12.2 Å². The van der Waals surface area contributed by atoms with E-state index in [1.807, 2.05) is 37.4 Å². The summed E-state index contributed by atoms with van der Waals surface area (Å²) in [6.45, 7) is 2.57. The van der Waals surface area contributed by atoms with Crippen molar-refractivity contribution in [2.75, 3.05) is 5.32 Å². The van der Waals surface area contributed by atoms with E-state index in [2.05, 4.69) is 15.3 Å². The van der Waals surface area contributed by atoms with Gasteiger partial charge < -0.3 is 11.1 Å². The fraction of sp³-hybridized carbons (Fsp3) is 0.154. The van der Waals surface area contributed by atoms with Gasteiger partial charge in [0, 0.05) is 24.6 Å². The van der Waals surface area contributed by atoms with Gasteiger partial charge in [0.1, 0.15) is 10.8 Å². The van der Waals surface area contributed by atoms with Crippen molar-refractivity contribution in [1.29, 1.82) is 0 Å². The number of hydrogen-bond acceptors (Lipinski definition) is 4. The highest BCUT2D eigenvalue weighted by atomic mass is 32.1. The fourth-order valence-electron chi connectivity index (χ4n) is 1.58.